The van der Waals surface area contributed by atoms with Gasteiger partial charge >= 0.3 is 0 Å². The van der Waals surface area contributed by atoms with E-state index in [2.05, 4.69) is 15.7 Å². The van der Waals surface area contributed by atoms with E-state index in [1.807, 2.05) is 6.92 Å². The number of hydrogen-bond donors (Lipinski definition) is 2. The van der Waals surface area contributed by atoms with Gasteiger partial charge in [0.15, 0.2) is 0 Å². The Bertz CT molecular complexity index is 353. The fraction of sp³-hybridized carbons (Fsp3) is 0.636. The van der Waals surface area contributed by atoms with Gasteiger partial charge in [-0.2, -0.15) is 11.8 Å². The minimum atomic E-state index is -0.482. The van der Waals surface area contributed by atoms with Crippen molar-refractivity contribution in [2.24, 2.45) is 0 Å². The third-order valence-electron chi connectivity index (χ3n) is 1.98. The maximum absolute atomic E-state index is 11.3. The van der Waals surface area contributed by atoms with E-state index in [9.17, 15) is 4.79 Å². The Balaban J connectivity index is 2.06. The Hall–Kier alpha value is -0.590. The number of nitrogens with zero attached hydrogens (tertiary/aromatic N) is 1. The molecule has 6 heteroatoms. The van der Waals surface area contributed by atoms with E-state index in [0.717, 1.165) is 22.2 Å². The van der Waals surface area contributed by atoms with E-state index in [1.165, 1.54) is 0 Å². The maximum Gasteiger partial charge on any atom is 0.220 e. The fourth-order valence-corrected chi connectivity index (χ4v) is 2.72. The summed E-state index contributed by atoms with van der Waals surface area (Å²) in [5, 5.41) is 14.8. The van der Waals surface area contributed by atoms with Crippen LogP contribution in [-0.4, -0.2) is 34.4 Å². The van der Waals surface area contributed by atoms with Gasteiger partial charge in [0, 0.05) is 29.9 Å². The highest BCUT2D eigenvalue weighted by molar-refractivity contribution is 7.98. The second kappa shape index (κ2) is 7.68. The summed E-state index contributed by atoms with van der Waals surface area (Å²) >= 11 is 3.35. The zero-order valence-corrected chi connectivity index (χ0v) is 11.7. The van der Waals surface area contributed by atoms with Crippen molar-refractivity contribution in [2.75, 3.05) is 12.3 Å². The van der Waals surface area contributed by atoms with Crippen LogP contribution in [0.4, 0.5) is 0 Å². The molecule has 0 aromatic carbocycles. The summed E-state index contributed by atoms with van der Waals surface area (Å²) in [6.45, 7) is 3.97. The highest BCUT2D eigenvalue weighted by Crippen LogP contribution is 2.15. The molecule has 0 aliphatic heterocycles. The summed E-state index contributed by atoms with van der Waals surface area (Å²) < 4.78 is 0. The number of amides is 1. The van der Waals surface area contributed by atoms with E-state index >= 15 is 0 Å². The predicted octanol–water partition coefficient (Wildman–Crippen LogP) is 1.57. The predicted molar refractivity (Wildman–Crippen MR) is 72.3 cm³/mol. The number of rotatable bonds is 7. The number of aryl methyl sites for hydroxylation is 1. The van der Waals surface area contributed by atoms with Crippen LogP contribution < -0.4 is 5.32 Å². The number of thiazole rings is 1. The Morgan fingerprint density at radius 1 is 1.71 bits per heavy atom. The summed E-state index contributed by atoms with van der Waals surface area (Å²) in [6.07, 6.45) is 0.00475. The van der Waals surface area contributed by atoms with Crippen molar-refractivity contribution in [3.63, 3.8) is 0 Å². The average molecular weight is 274 g/mol. The summed E-state index contributed by atoms with van der Waals surface area (Å²) in [4.78, 5) is 15.7. The summed E-state index contributed by atoms with van der Waals surface area (Å²) in [7, 11) is 0. The van der Waals surface area contributed by atoms with Crippen LogP contribution in [-0.2, 0) is 10.5 Å². The van der Waals surface area contributed by atoms with Crippen LogP contribution in [0, 0.1) is 6.92 Å². The summed E-state index contributed by atoms with van der Waals surface area (Å²) in [5.41, 5.74) is 1.09. The molecule has 17 heavy (non-hydrogen) atoms. The zero-order chi connectivity index (χ0) is 12.7. The Kier molecular flexibility index (Phi) is 6.54. The van der Waals surface area contributed by atoms with Gasteiger partial charge in [0.05, 0.1) is 16.8 Å². The van der Waals surface area contributed by atoms with Gasteiger partial charge in [0.25, 0.3) is 0 Å². The minimum absolute atomic E-state index is 0.00661. The molecule has 0 aliphatic carbocycles. The van der Waals surface area contributed by atoms with Crippen LogP contribution in [0.1, 0.15) is 24.0 Å². The second-order valence-corrected chi connectivity index (χ2v) is 5.98. The van der Waals surface area contributed by atoms with Gasteiger partial charge in [-0.25, -0.2) is 4.98 Å². The van der Waals surface area contributed by atoms with Crippen molar-refractivity contribution in [2.45, 2.75) is 32.1 Å². The van der Waals surface area contributed by atoms with Crippen molar-refractivity contribution >= 4 is 29.0 Å². The van der Waals surface area contributed by atoms with Gasteiger partial charge in [0.2, 0.25) is 5.91 Å². The smallest absolute Gasteiger partial charge is 0.220 e. The van der Waals surface area contributed by atoms with Crippen molar-refractivity contribution < 1.29 is 9.90 Å². The average Bonchev–Trinajstić information content (AvgIpc) is 2.68. The normalized spacial score (nSPS) is 12.4. The van der Waals surface area contributed by atoms with Gasteiger partial charge in [-0.1, -0.05) is 0 Å². The molecule has 0 saturated heterocycles. The van der Waals surface area contributed by atoms with Crippen molar-refractivity contribution in [1.29, 1.82) is 0 Å². The van der Waals surface area contributed by atoms with Gasteiger partial charge in [-0.3, -0.25) is 4.79 Å². The van der Waals surface area contributed by atoms with E-state index in [0.29, 0.717) is 13.0 Å². The topological polar surface area (TPSA) is 62.2 Å². The van der Waals surface area contributed by atoms with Crippen LogP contribution in [0.5, 0.6) is 0 Å². The summed E-state index contributed by atoms with van der Waals surface area (Å²) in [6, 6.07) is 0. The lowest BCUT2D eigenvalue weighted by molar-refractivity contribution is -0.121. The zero-order valence-electron chi connectivity index (χ0n) is 10.1. The first-order valence-electron chi connectivity index (χ1n) is 5.51. The van der Waals surface area contributed by atoms with Gasteiger partial charge < -0.3 is 10.4 Å². The monoisotopic (exact) mass is 274 g/mol. The molecule has 1 aromatic heterocycles. The molecule has 1 heterocycles. The van der Waals surface area contributed by atoms with E-state index < -0.39 is 6.10 Å². The molecule has 0 radical (unpaired) electrons. The van der Waals surface area contributed by atoms with Crippen LogP contribution >= 0.6 is 23.1 Å². The molecule has 0 unspecified atom stereocenters. The van der Waals surface area contributed by atoms with Gasteiger partial charge in [-0.05, 0) is 13.8 Å². The number of aliphatic hydroxyl groups excluding tert-OH is 1. The van der Waals surface area contributed by atoms with E-state index in [-0.39, 0.29) is 5.91 Å². The number of hydrogen-bond acceptors (Lipinski definition) is 5. The first kappa shape index (κ1) is 14.5. The molecule has 96 valence electrons. The molecule has 0 bridgehead atoms. The fourth-order valence-electron chi connectivity index (χ4n) is 1.17. The van der Waals surface area contributed by atoms with E-state index in [1.54, 1.807) is 30.0 Å². The highest BCUT2D eigenvalue weighted by atomic mass is 32.2. The number of carbonyl (C=O) groups is 1. The van der Waals surface area contributed by atoms with Crippen molar-refractivity contribution in [3.05, 3.63) is 16.1 Å². The number of aliphatic hydroxyl groups is 1. The van der Waals surface area contributed by atoms with Crippen molar-refractivity contribution in [3.8, 4) is 0 Å². The SMILES string of the molecule is Cc1nc(CSCCC(=O)NC[C@H](C)O)cs1. The Morgan fingerprint density at radius 3 is 3.06 bits per heavy atom. The second-order valence-electron chi connectivity index (χ2n) is 3.81. The quantitative estimate of drug-likeness (QED) is 0.741. The number of aromatic nitrogens is 1. The van der Waals surface area contributed by atoms with Gasteiger partial charge in [0.1, 0.15) is 0 Å². The third kappa shape index (κ3) is 6.65. The lowest BCUT2D eigenvalue weighted by atomic mass is 10.4. The molecule has 4 nitrogen and oxygen atoms in total. The van der Waals surface area contributed by atoms with E-state index in [4.69, 9.17) is 5.11 Å². The lowest BCUT2D eigenvalue weighted by Gasteiger charge is -2.06. The highest BCUT2D eigenvalue weighted by Gasteiger charge is 2.03. The van der Waals surface area contributed by atoms with Gasteiger partial charge in [-0.15, -0.1) is 11.3 Å². The molecule has 1 atom stereocenters. The first-order valence-corrected chi connectivity index (χ1v) is 7.55. The molecule has 0 saturated carbocycles. The van der Waals surface area contributed by atoms with Crippen LogP contribution in [0.15, 0.2) is 5.38 Å². The Morgan fingerprint density at radius 2 is 2.47 bits per heavy atom. The molecule has 0 aliphatic rings. The largest absolute Gasteiger partial charge is 0.392 e. The molecule has 0 spiro atoms. The first-order chi connectivity index (χ1) is 8.08. The standard InChI is InChI=1S/C11H18N2O2S2/c1-8(14)5-12-11(15)3-4-16-6-10-7-17-9(2)13-10/h7-8,14H,3-6H2,1-2H3,(H,12,15)/t8-/m0/s1. The molecule has 2 N–H and O–H groups in total. The molecule has 1 amide bonds. The van der Waals surface area contributed by atoms with Crippen LogP contribution in [0.3, 0.4) is 0 Å². The third-order valence-corrected chi connectivity index (χ3v) is 3.80. The molecule has 1 rings (SSSR count). The van der Waals surface area contributed by atoms with Crippen LogP contribution in [0.2, 0.25) is 0 Å². The Labute approximate surface area is 110 Å². The molecular formula is C11H18N2O2S2. The van der Waals surface area contributed by atoms with Crippen molar-refractivity contribution in [1.82, 2.24) is 10.3 Å². The number of thioether (sulfide) groups is 1. The summed E-state index contributed by atoms with van der Waals surface area (Å²) in [5.74, 6) is 1.63. The van der Waals surface area contributed by atoms with Crippen LogP contribution in [0.25, 0.3) is 0 Å². The lowest BCUT2D eigenvalue weighted by Crippen LogP contribution is -2.30. The minimum Gasteiger partial charge on any atom is -0.392 e. The molecule has 0 fully saturated rings. The molecular weight excluding hydrogens is 256 g/mol. The number of nitrogens with one attached hydrogen (secondary N) is 1. The maximum atomic E-state index is 11.3. The number of carbonyl (C=O) groups excluding carboxylic acids is 1. The molecule has 1 aromatic rings.